The first-order valence-electron chi connectivity index (χ1n) is 24.6. The lowest BCUT2D eigenvalue weighted by molar-refractivity contribution is 0.341. The van der Waals surface area contributed by atoms with Gasteiger partial charge in [0.2, 0.25) is 0 Å². The molecule has 0 aliphatic carbocycles. The van der Waals surface area contributed by atoms with Gasteiger partial charge in [-0.15, -0.1) is 0 Å². The van der Waals surface area contributed by atoms with Crippen LogP contribution in [0.2, 0.25) is 0 Å². The van der Waals surface area contributed by atoms with Gasteiger partial charge in [0, 0.05) is 0 Å². The standard InChI is InChI=1S/C60H98O/c1-49(2)25-14-26-50(3)27-15-28-51(4)29-16-30-52(5)31-17-32-53(6)33-18-34-54(7)35-19-36-55(8)37-20-38-56(9)39-21-40-57(10)41-22-42-58(11)43-23-44-59(12)45-24-46-60(13)47-48-61/h25,27,29,31,33,35,37,39,41,43,45,47,61H,14-24,26,28,30,32,34,36,38,40,42,44,46,48H2,1-13H3/b50-27+,51-29+,52-31+,53-33-,54-35-,55-37-,56-39-,57-41-,58-43-,59-45-,60-47-. The summed E-state index contributed by atoms with van der Waals surface area (Å²) in [6.45, 7) is 29.6. The second kappa shape index (κ2) is 38.5. The van der Waals surface area contributed by atoms with Gasteiger partial charge in [0.15, 0.2) is 0 Å². The number of hydrogen-bond donors (Lipinski definition) is 1. The summed E-state index contributed by atoms with van der Waals surface area (Å²) in [4.78, 5) is 0. The van der Waals surface area contributed by atoms with Crippen LogP contribution in [0.15, 0.2) is 140 Å². The summed E-state index contributed by atoms with van der Waals surface area (Å²) in [5.74, 6) is 0. The van der Waals surface area contributed by atoms with E-state index in [1.165, 1.54) is 131 Å². The third-order valence-corrected chi connectivity index (χ3v) is 11.8. The van der Waals surface area contributed by atoms with Crippen LogP contribution in [0.3, 0.4) is 0 Å². The fraction of sp³-hybridized carbons (Fsp3) is 0.600. The van der Waals surface area contributed by atoms with E-state index in [0.29, 0.717) is 0 Å². The molecular formula is C60H98O. The molecule has 1 N–H and O–H groups in total. The topological polar surface area (TPSA) is 20.2 Å². The van der Waals surface area contributed by atoms with Crippen LogP contribution in [0.4, 0.5) is 0 Å². The van der Waals surface area contributed by atoms with Crippen LogP contribution in [0.5, 0.6) is 0 Å². The third kappa shape index (κ3) is 39.4. The highest BCUT2D eigenvalue weighted by Crippen LogP contribution is 2.19. The largest absolute Gasteiger partial charge is 0.392 e. The average Bonchev–Trinajstić information content (AvgIpc) is 3.18. The van der Waals surface area contributed by atoms with Crippen molar-refractivity contribution in [1.29, 1.82) is 0 Å². The van der Waals surface area contributed by atoms with Gasteiger partial charge in [0.1, 0.15) is 0 Å². The highest BCUT2D eigenvalue weighted by atomic mass is 16.2. The van der Waals surface area contributed by atoms with Crippen molar-refractivity contribution in [2.75, 3.05) is 6.61 Å². The van der Waals surface area contributed by atoms with Crippen molar-refractivity contribution >= 4 is 0 Å². The summed E-state index contributed by atoms with van der Waals surface area (Å²) >= 11 is 0. The number of hydrogen-bond acceptors (Lipinski definition) is 1. The Labute approximate surface area is 381 Å². The van der Waals surface area contributed by atoms with E-state index in [-0.39, 0.29) is 6.61 Å². The monoisotopic (exact) mass is 835 g/mol. The summed E-state index contributed by atoms with van der Waals surface area (Å²) in [6.07, 6.45) is 54.1. The zero-order valence-corrected chi connectivity index (χ0v) is 42.6. The molecule has 0 aromatic carbocycles. The van der Waals surface area contributed by atoms with Crippen molar-refractivity contribution in [2.24, 2.45) is 0 Å². The predicted octanol–water partition coefficient (Wildman–Crippen LogP) is 19.9. The highest BCUT2D eigenvalue weighted by molar-refractivity contribution is 5.12. The van der Waals surface area contributed by atoms with Crippen LogP contribution in [-0.4, -0.2) is 11.7 Å². The molecule has 0 heterocycles. The molecule has 0 aliphatic rings. The summed E-state index contributed by atoms with van der Waals surface area (Å²) in [6, 6.07) is 0. The van der Waals surface area contributed by atoms with E-state index in [1.54, 1.807) is 0 Å². The second-order valence-corrected chi connectivity index (χ2v) is 18.9. The number of aliphatic hydroxyl groups is 1. The van der Waals surface area contributed by atoms with Gasteiger partial charge in [0.25, 0.3) is 0 Å². The minimum atomic E-state index is 0.149. The Morgan fingerprint density at radius 2 is 0.344 bits per heavy atom. The molecule has 0 aromatic rings. The maximum atomic E-state index is 9.00. The fourth-order valence-electron chi connectivity index (χ4n) is 7.33. The molecule has 0 radical (unpaired) electrons. The van der Waals surface area contributed by atoms with E-state index < -0.39 is 0 Å². The first-order chi connectivity index (χ1) is 29.1. The van der Waals surface area contributed by atoms with Crippen molar-refractivity contribution in [3.8, 4) is 0 Å². The quantitative estimate of drug-likeness (QED) is 0.0640. The molecule has 0 rings (SSSR count). The van der Waals surface area contributed by atoms with Gasteiger partial charge < -0.3 is 5.11 Å². The summed E-state index contributed by atoms with van der Waals surface area (Å²) in [5.41, 5.74) is 17.9. The molecule has 0 atom stereocenters. The third-order valence-electron chi connectivity index (χ3n) is 11.8. The van der Waals surface area contributed by atoms with E-state index in [4.69, 9.17) is 5.11 Å². The molecule has 1 heteroatoms. The van der Waals surface area contributed by atoms with Gasteiger partial charge in [-0.1, -0.05) is 140 Å². The zero-order valence-electron chi connectivity index (χ0n) is 42.6. The van der Waals surface area contributed by atoms with Crippen LogP contribution in [0.25, 0.3) is 0 Å². The maximum absolute atomic E-state index is 9.00. The van der Waals surface area contributed by atoms with E-state index >= 15 is 0 Å². The van der Waals surface area contributed by atoms with Crippen LogP contribution in [-0.2, 0) is 0 Å². The molecule has 61 heavy (non-hydrogen) atoms. The zero-order chi connectivity index (χ0) is 45.7. The first-order valence-corrected chi connectivity index (χ1v) is 24.6. The Morgan fingerprint density at radius 3 is 0.475 bits per heavy atom. The molecule has 0 aliphatic heterocycles. The van der Waals surface area contributed by atoms with Gasteiger partial charge in [-0.25, -0.2) is 0 Å². The summed E-state index contributed by atoms with van der Waals surface area (Å²) < 4.78 is 0. The first kappa shape index (κ1) is 57.8. The lowest BCUT2D eigenvalue weighted by atomic mass is 10.0. The molecular weight excluding hydrogens is 737 g/mol. The van der Waals surface area contributed by atoms with Crippen molar-refractivity contribution in [2.45, 2.75) is 231 Å². The summed E-state index contributed by atoms with van der Waals surface area (Å²) in [7, 11) is 0. The number of rotatable bonds is 34. The van der Waals surface area contributed by atoms with Gasteiger partial charge in [-0.2, -0.15) is 0 Å². The lowest BCUT2D eigenvalue weighted by Crippen LogP contribution is -1.84. The molecule has 0 spiro atoms. The van der Waals surface area contributed by atoms with E-state index in [1.807, 2.05) is 6.08 Å². The van der Waals surface area contributed by atoms with Crippen molar-refractivity contribution in [1.82, 2.24) is 0 Å². The van der Waals surface area contributed by atoms with E-state index in [9.17, 15) is 0 Å². The molecule has 0 saturated carbocycles. The lowest BCUT2D eigenvalue weighted by Gasteiger charge is -2.04. The average molecular weight is 835 g/mol. The van der Waals surface area contributed by atoms with Crippen LogP contribution >= 0.6 is 0 Å². The summed E-state index contributed by atoms with van der Waals surface area (Å²) in [5, 5.41) is 9.00. The number of aliphatic hydroxyl groups excluding tert-OH is 1. The normalized spacial score (nSPS) is 15.0. The van der Waals surface area contributed by atoms with Crippen LogP contribution in [0.1, 0.15) is 231 Å². The molecule has 0 fully saturated rings. The fourth-order valence-corrected chi connectivity index (χ4v) is 7.33. The number of allylic oxidation sites excluding steroid dienone is 23. The van der Waals surface area contributed by atoms with Gasteiger partial charge >= 0.3 is 0 Å². The Kier molecular flexibility index (Phi) is 36.5. The SMILES string of the molecule is CC(C)=CCC/C(C)=C/CC/C(C)=C/CC/C(C)=C/CC/C(C)=C\CC/C(C)=C\CC/C(C)=C\CC/C(C)=C\CC/C(C)=C\CC/C(C)=C\CC/C(C)=C\CC/C(C)=C\CO. The molecule has 0 saturated heterocycles. The molecule has 344 valence electrons. The van der Waals surface area contributed by atoms with Gasteiger partial charge in [-0.3, -0.25) is 0 Å². The smallest absolute Gasteiger partial charge is 0.0614 e. The van der Waals surface area contributed by atoms with E-state index in [2.05, 4.69) is 157 Å². The van der Waals surface area contributed by atoms with Crippen LogP contribution < -0.4 is 0 Å². The van der Waals surface area contributed by atoms with E-state index in [0.717, 1.165) is 77.0 Å². The van der Waals surface area contributed by atoms with Gasteiger partial charge in [0.05, 0.1) is 6.61 Å². The van der Waals surface area contributed by atoms with Crippen molar-refractivity contribution in [3.63, 3.8) is 0 Å². The Bertz CT molecular complexity index is 1570. The van der Waals surface area contributed by atoms with Crippen molar-refractivity contribution < 1.29 is 5.11 Å². The Balaban J connectivity index is 4.28. The molecule has 0 aromatic heterocycles. The van der Waals surface area contributed by atoms with Gasteiger partial charge in [-0.05, 0) is 231 Å². The Morgan fingerprint density at radius 1 is 0.213 bits per heavy atom. The second-order valence-electron chi connectivity index (χ2n) is 18.9. The minimum Gasteiger partial charge on any atom is -0.392 e. The molecule has 0 bridgehead atoms. The van der Waals surface area contributed by atoms with Crippen LogP contribution in [0, 0.1) is 0 Å². The minimum absolute atomic E-state index is 0.149. The highest BCUT2D eigenvalue weighted by Gasteiger charge is 1.99. The van der Waals surface area contributed by atoms with Crippen molar-refractivity contribution in [3.05, 3.63) is 140 Å². The molecule has 1 nitrogen and oxygen atoms in total. The molecule has 0 unspecified atom stereocenters. The maximum Gasteiger partial charge on any atom is 0.0614 e. The molecule has 0 amide bonds. The Hall–Kier alpha value is -3.16. The predicted molar refractivity (Wildman–Crippen MR) is 279 cm³/mol.